The number of carbonyl (C=O) groups excluding carboxylic acids is 1. The van der Waals surface area contributed by atoms with Crippen molar-refractivity contribution in [1.82, 2.24) is 0 Å². The molecule has 0 amide bonds. The van der Waals surface area contributed by atoms with E-state index in [1.807, 2.05) is 68.4 Å². The topological polar surface area (TPSA) is 34.1 Å². The summed E-state index contributed by atoms with van der Waals surface area (Å²) < 4.78 is 8.17. The SMILES string of the molecule is Cc1cc(C)c(C(=O)c2ccccc2-c2ccccc2)c(C)c1.O=[PH2+]. The minimum atomic E-state index is 0.0967. The van der Waals surface area contributed by atoms with Gasteiger partial charge in [-0.1, -0.05) is 76.9 Å². The molecule has 0 radical (unpaired) electrons. The van der Waals surface area contributed by atoms with Crippen LogP contribution in [0.1, 0.15) is 32.6 Å². The Morgan fingerprint density at radius 2 is 1.28 bits per heavy atom. The second-order valence-corrected chi connectivity index (χ2v) is 6.01. The van der Waals surface area contributed by atoms with Gasteiger partial charge in [0.1, 0.15) is 0 Å². The quantitative estimate of drug-likeness (QED) is 0.448. The third kappa shape index (κ3) is 4.10. The van der Waals surface area contributed by atoms with Crippen LogP contribution >= 0.6 is 9.12 Å². The first-order chi connectivity index (χ1) is 12.1. The fraction of sp³-hybridized carbons (Fsp3) is 0.136. The third-order valence-corrected chi connectivity index (χ3v) is 4.16. The van der Waals surface area contributed by atoms with Gasteiger partial charge in [0.25, 0.3) is 0 Å². The van der Waals surface area contributed by atoms with Gasteiger partial charge in [-0.3, -0.25) is 4.79 Å². The fourth-order valence-electron chi connectivity index (χ4n) is 3.22. The second-order valence-electron chi connectivity index (χ2n) is 6.01. The molecule has 126 valence electrons. The van der Waals surface area contributed by atoms with E-state index in [1.165, 1.54) is 14.7 Å². The first-order valence-corrected chi connectivity index (χ1v) is 8.55. The molecule has 0 spiro atoms. The smallest absolute Gasteiger partial charge is 0.289 e. The van der Waals surface area contributed by atoms with Gasteiger partial charge < -0.3 is 0 Å². The molecule has 1 atom stereocenters. The number of rotatable bonds is 3. The molecule has 3 aromatic carbocycles. The van der Waals surface area contributed by atoms with Crippen LogP contribution in [0.2, 0.25) is 0 Å². The van der Waals surface area contributed by atoms with E-state index in [9.17, 15) is 4.79 Å². The molecule has 0 fully saturated rings. The summed E-state index contributed by atoms with van der Waals surface area (Å²) in [6, 6.07) is 22.1. The molecular weight excluding hydrogens is 327 g/mol. The van der Waals surface area contributed by atoms with Crippen molar-refractivity contribution in [3.63, 3.8) is 0 Å². The molecule has 3 heteroatoms. The molecule has 2 nitrogen and oxygen atoms in total. The molecule has 3 aromatic rings. The summed E-state index contributed by atoms with van der Waals surface area (Å²) in [5.41, 5.74) is 6.89. The highest BCUT2D eigenvalue weighted by Crippen LogP contribution is 2.28. The maximum atomic E-state index is 13.2. The number of hydrogen-bond acceptors (Lipinski definition) is 2. The Balaban J connectivity index is 0.00000109. The molecule has 0 aliphatic heterocycles. The van der Waals surface area contributed by atoms with Crippen molar-refractivity contribution < 1.29 is 9.36 Å². The minimum Gasteiger partial charge on any atom is -0.289 e. The van der Waals surface area contributed by atoms with Gasteiger partial charge in [0.05, 0.1) is 0 Å². The first kappa shape index (κ1) is 18.8. The van der Waals surface area contributed by atoms with Crippen LogP contribution in [-0.2, 0) is 4.57 Å². The number of hydrogen-bond donors (Lipinski definition) is 0. The molecule has 0 heterocycles. The zero-order valence-electron chi connectivity index (χ0n) is 14.7. The fourth-order valence-corrected chi connectivity index (χ4v) is 3.22. The Kier molecular flexibility index (Phi) is 6.38. The van der Waals surface area contributed by atoms with Gasteiger partial charge in [-0.05, 0) is 43.0 Å². The van der Waals surface area contributed by atoms with E-state index in [4.69, 9.17) is 4.57 Å². The van der Waals surface area contributed by atoms with Gasteiger partial charge in [0.15, 0.2) is 5.78 Å². The average Bonchev–Trinajstić information content (AvgIpc) is 2.63. The van der Waals surface area contributed by atoms with Crippen LogP contribution in [0.5, 0.6) is 0 Å². The molecule has 1 unspecified atom stereocenters. The summed E-state index contributed by atoms with van der Waals surface area (Å²) in [5.74, 6) is 0.0967. The van der Waals surface area contributed by atoms with Crippen molar-refractivity contribution in [2.24, 2.45) is 0 Å². The Hall–Kier alpha value is -2.57. The molecule has 0 saturated heterocycles. The molecule has 25 heavy (non-hydrogen) atoms. The number of ketones is 1. The van der Waals surface area contributed by atoms with Crippen LogP contribution in [0.4, 0.5) is 0 Å². The molecule has 3 rings (SSSR count). The lowest BCUT2D eigenvalue weighted by molar-refractivity contribution is 0.103. The lowest BCUT2D eigenvalue weighted by Crippen LogP contribution is -2.08. The Morgan fingerprint density at radius 3 is 1.88 bits per heavy atom. The predicted molar refractivity (Wildman–Crippen MR) is 106 cm³/mol. The van der Waals surface area contributed by atoms with E-state index in [2.05, 4.69) is 19.1 Å². The minimum absolute atomic E-state index is 0.0967. The van der Waals surface area contributed by atoms with Gasteiger partial charge in [-0.2, -0.15) is 0 Å². The van der Waals surface area contributed by atoms with E-state index in [0.29, 0.717) is 0 Å². The number of carbonyl (C=O) groups is 1. The van der Waals surface area contributed by atoms with Crippen LogP contribution in [0.3, 0.4) is 0 Å². The maximum absolute atomic E-state index is 13.2. The van der Waals surface area contributed by atoms with E-state index in [1.54, 1.807) is 0 Å². The van der Waals surface area contributed by atoms with Gasteiger partial charge >= 0.3 is 9.12 Å². The van der Waals surface area contributed by atoms with Gasteiger partial charge in [-0.25, -0.2) is 0 Å². The monoisotopic (exact) mass is 349 g/mol. The zero-order chi connectivity index (χ0) is 18.4. The van der Waals surface area contributed by atoms with Crippen LogP contribution in [0.15, 0.2) is 66.7 Å². The van der Waals surface area contributed by atoms with E-state index >= 15 is 0 Å². The largest absolute Gasteiger partial charge is 0.310 e. The Morgan fingerprint density at radius 1 is 0.760 bits per heavy atom. The second kappa shape index (κ2) is 8.50. The van der Waals surface area contributed by atoms with Crippen molar-refractivity contribution in [1.29, 1.82) is 0 Å². The van der Waals surface area contributed by atoms with Gasteiger partial charge in [-0.15, -0.1) is 0 Å². The predicted octanol–water partition coefficient (Wildman–Crippen LogP) is 5.72. The molecule has 0 saturated carbocycles. The standard InChI is InChI=1S/C22H20O.H2OP/c1-15-13-16(2)21(17(3)14-15)22(23)20-12-8-7-11-19(20)18-9-5-4-6-10-18;1-2/h4-14H,1-3H3;2H2/q;+1. The van der Waals surface area contributed by atoms with Crippen LogP contribution in [0, 0.1) is 20.8 Å². The normalized spacial score (nSPS) is 9.88. The summed E-state index contributed by atoms with van der Waals surface area (Å²) in [6.45, 7) is 6.09. The number of aryl methyl sites for hydroxylation is 3. The molecule has 0 aliphatic rings. The third-order valence-electron chi connectivity index (χ3n) is 4.16. The summed E-state index contributed by atoms with van der Waals surface area (Å²) in [7, 11) is 1.17. The van der Waals surface area contributed by atoms with Crippen LogP contribution in [0.25, 0.3) is 11.1 Å². The summed E-state index contributed by atoms with van der Waals surface area (Å²) in [4.78, 5) is 13.2. The number of benzene rings is 3. The summed E-state index contributed by atoms with van der Waals surface area (Å²) >= 11 is 0. The molecule has 0 N–H and O–H groups in total. The zero-order valence-corrected chi connectivity index (χ0v) is 15.9. The Bertz CT molecular complexity index is 863. The highest BCUT2D eigenvalue weighted by molar-refractivity contribution is 7.00. The summed E-state index contributed by atoms with van der Waals surface area (Å²) in [5, 5.41) is 0. The van der Waals surface area contributed by atoms with E-state index in [-0.39, 0.29) is 5.78 Å². The molecular formula is C22H22O2P+. The van der Waals surface area contributed by atoms with Crippen molar-refractivity contribution in [3.05, 3.63) is 94.5 Å². The van der Waals surface area contributed by atoms with Crippen LogP contribution < -0.4 is 0 Å². The Labute approximate surface area is 151 Å². The highest BCUT2D eigenvalue weighted by atomic mass is 31.0. The van der Waals surface area contributed by atoms with E-state index < -0.39 is 0 Å². The average molecular weight is 349 g/mol. The lowest BCUT2D eigenvalue weighted by atomic mass is 9.89. The molecule has 0 bridgehead atoms. The highest BCUT2D eigenvalue weighted by Gasteiger charge is 2.18. The lowest BCUT2D eigenvalue weighted by Gasteiger charge is -2.13. The maximum Gasteiger partial charge on any atom is 0.310 e. The van der Waals surface area contributed by atoms with Gasteiger partial charge in [0, 0.05) is 11.1 Å². The molecule has 0 aromatic heterocycles. The van der Waals surface area contributed by atoms with E-state index in [0.717, 1.165) is 33.4 Å². The first-order valence-electron chi connectivity index (χ1n) is 8.08. The van der Waals surface area contributed by atoms with Crippen LogP contribution in [-0.4, -0.2) is 5.78 Å². The summed E-state index contributed by atoms with van der Waals surface area (Å²) in [6.07, 6.45) is 0. The van der Waals surface area contributed by atoms with Crippen molar-refractivity contribution in [2.45, 2.75) is 20.8 Å². The van der Waals surface area contributed by atoms with Crippen molar-refractivity contribution >= 4 is 14.9 Å². The van der Waals surface area contributed by atoms with Gasteiger partial charge in [0.2, 0.25) is 0 Å². The van der Waals surface area contributed by atoms with Crippen molar-refractivity contribution in [3.8, 4) is 11.1 Å². The molecule has 0 aliphatic carbocycles. The van der Waals surface area contributed by atoms with Crippen molar-refractivity contribution in [2.75, 3.05) is 0 Å².